The van der Waals surface area contributed by atoms with Crippen molar-refractivity contribution >= 4 is 88.4 Å². The van der Waals surface area contributed by atoms with Gasteiger partial charge in [0.05, 0.1) is 42.7 Å². The third kappa shape index (κ3) is 13.1. The van der Waals surface area contributed by atoms with Crippen molar-refractivity contribution in [3.63, 3.8) is 0 Å². The molecule has 35 atom stereocenters. The fourth-order valence-electron chi connectivity index (χ4n) is 10.4. The van der Waals surface area contributed by atoms with Crippen molar-refractivity contribution in [1.29, 1.82) is 0 Å². The van der Waals surface area contributed by atoms with Crippen LogP contribution >= 0.6 is 88.4 Å². The molecule has 0 aromatic heterocycles. The van der Waals surface area contributed by atoms with E-state index in [9.17, 15) is 71.5 Å². The molecule has 0 spiro atoms. The van der Waals surface area contributed by atoms with Gasteiger partial charge in [0, 0.05) is 40.3 Å². The van der Waals surface area contributed by atoms with Gasteiger partial charge in [0.2, 0.25) is 0 Å². The minimum absolute atomic E-state index is 0.240. The average Bonchev–Trinajstić information content (AvgIpc) is 3.47. The highest BCUT2D eigenvalue weighted by atomic mass is 32.1. The summed E-state index contributed by atoms with van der Waals surface area (Å²) in [5.74, 6) is -1.68. The van der Waals surface area contributed by atoms with Crippen molar-refractivity contribution in [2.75, 3.05) is 40.3 Å². The fraction of sp³-hybridized carbons (Fsp3) is 1.00. The van der Waals surface area contributed by atoms with Crippen LogP contribution in [0.4, 0.5) is 0 Å². The Morgan fingerprint density at radius 2 is 0.273 bits per heavy atom. The van der Waals surface area contributed by atoms with E-state index in [4.69, 9.17) is 66.3 Å². The van der Waals surface area contributed by atoms with E-state index in [1.54, 1.807) is 0 Å². The number of rotatable bonds is 7. The lowest BCUT2D eigenvalue weighted by molar-refractivity contribution is -0.389. The first-order valence-electron chi connectivity index (χ1n) is 24.6. The number of aliphatic hydroxyl groups excluding tert-OH is 14. The molecule has 0 saturated carbocycles. The van der Waals surface area contributed by atoms with E-state index < -0.39 is 215 Å². The molecular formula is C42H70O28S7. The van der Waals surface area contributed by atoms with E-state index in [1.165, 1.54) is 0 Å². The fourth-order valence-corrected chi connectivity index (χ4v) is 12.5. The van der Waals surface area contributed by atoms with Crippen LogP contribution in [0.15, 0.2) is 0 Å². The average molecular weight is 1250 g/mol. The van der Waals surface area contributed by atoms with Crippen LogP contribution in [-0.2, 0) is 66.3 Å². The molecular weight excluding hydrogens is 1180 g/mol. The molecule has 0 radical (unpaired) electrons. The maximum Gasteiger partial charge on any atom is 0.187 e. The molecule has 21 saturated heterocycles. The Morgan fingerprint density at radius 1 is 0.169 bits per heavy atom. The second-order valence-corrected chi connectivity index (χ2v) is 22.2. The van der Waals surface area contributed by atoms with Crippen LogP contribution in [0, 0.1) is 0 Å². The molecule has 21 aliphatic rings. The van der Waals surface area contributed by atoms with Crippen molar-refractivity contribution in [2.45, 2.75) is 215 Å². The first kappa shape index (κ1) is 64.3. The Balaban J connectivity index is 1.08. The smallest absolute Gasteiger partial charge is 0.187 e. The minimum Gasteiger partial charge on any atom is -0.387 e. The van der Waals surface area contributed by atoms with Crippen LogP contribution in [0.2, 0.25) is 0 Å². The summed E-state index contributed by atoms with van der Waals surface area (Å²) in [5.41, 5.74) is 0. The van der Waals surface area contributed by atoms with Crippen molar-refractivity contribution < 1.29 is 138 Å². The summed E-state index contributed by atoms with van der Waals surface area (Å²) < 4.78 is 83.5. The zero-order valence-electron chi connectivity index (χ0n) is 40.3. The van der Waals surface area contributed by atoms with Gasteiger partial charge in [0.25, 0.3) is 0 Å². The van der Waals surface area contributed by atoms with Crippen LogP contribution in [-0.4, -0.2) is 327 Å². The molecule has 21 rings (SSSR count). The third-order valence-electron chi connectivity index (χ3n) is 14.8. The van der Waals surface area contributed by atoms with Gasteiger partial charge in [0.1, 0.15) is 128 Å². The maximum atomic E-state index is 11.5. The van der Waals surface area contributed by atoms with Crippen molar-refractivity contribution in [2.24, 2.45) is 0 Å². The SMILES string of the molecule is OC1C2OC(CS)C(OC3OC(CS)C(OC4OC(CS)C(OC5OC(CS)C(OC6OC(CS)C(OC7OC(CS)C(OC8OC(CS)C(O2)C(O)C8O)C(O)C7O)C(O)C6O)C(O)C5O)C(O)C4O)C(O)C3O)C1O. The lowest BCUT2D eigenvalue weighted by atomic mass is 9.95. The topological polar surface area (TPSA) is 412 Å². The van der Waals surface area contributed by atoms with Crippen LogP contribution in [0.3, 0.4) is 0 Å². The van der Waals surface area contributed by atoms with Crippen LogP contribution in [0.5, 0.6) is 0 Å². The summed E-state index contributed by atoms with van der Waals surface area (Å²) in [5, 5.41) is 160. The Morgan fingerprint density at radius 3 is 0.364 bits per heavy atom. The van der Waals surface area contributed by atoms with Gasteiger partial charge in [-0.05, 0) is 0 Å². The van der Waals surface area contributed by atoms with Crippen molar-refractivity contribution in [3.8, 4) is 0 Å². The largest absolute Gasteiger partial charge is 0.387 e. The van der Waals surface area contributed by atoms with Gasteiger partial charge in [-0.3, -0.25) is 0 Å². The summed E-state index contributed by atoms with van der Waals surface area (Å²) in [6.45, 7) is 0. The second kappa shape index (κ2) is 27.8. The van der Waals surface area contributed by atoms with Crippen molar-refractivity contribution in [1.82, 2.24) is 0 Å². The summed E-state index contributed by atoms with van der Waals surface area (Å²) in [7, 11) is 0. The number of ether oxygens (including phenoxy) is 14. The number of aliphatic hydroxyl groups is 14. The van der Waals surface area contributed by atoms with Crippen LogP contribution < -0.4 is 0 Å². The normalized spacial score (nSPS) is 55.4. The van der Waals surface area contributed by atoms with E-state index in [1.807, 2.05) is 0 Å². The van der Waals surface area contributed by atoms with Gasteiger partial charge in [-0.25, -0.2) is 0 Å². The summed E-state index contributed by atoms with van der Waals surface area (Å²) >= 11 is 30.2. The molecule has 21 fully saturated rings. The van der Waals surface area contributed by atoms with E-state index in [0.29, 0.717) is 0 Å². The summed E-state index contributed by atoms with van der Waals surface area (Å²) in [6, 6.07) is 0. The lowest BCUT2D eigenvalue weighted by Crippen LogP contribution is -2.68. The summed E-state index contributed by atoms with van der Waals surface area (Å²) in [6.07, 6.45) is -59.8. The van der Waals surface area contributed by atoms with Crippen LogP contribution in [0.25, 0.3) is 0 Å². The highest BCUT2D eigenvalue weighted by molar-refractivity contribution is 7.81. The van der Waals surface area contributed by atoms with Gasteiger partial charge in [-0.15, -0.1) is 0 Å². The molecule has 14 bridgehead atoms. The number of thiol groups is 7. The van der Waals surface area contributed by atoms with E-state index in [-0.39, 0.29) is 40.3 Å². The molecule has 21 aliphatic heterocycles. The monoisotopic (exact) mass is 1250 g/mol. The standard InChI is InChI=1S/C42H70O28S7/c43-15-22(50)36-57-8(1-71)29(15)64-37-23(51)16(44)31(10(3-73)58-37)66-39-25(53)18(46)33(12(5-75)60-39)68-41-27(55)20(48)35(14(7-77)62-41)70-42-28(56)21(49)34(13(6-76)63-42)69-40-26(54)19(47)32(11(4-74)61-40)67-38-24(52)17(45)30(65-36)9(2-72)59-38/h8-56,71-77H,1-7H2. The molecule has 14 N–H and O–H groups in total. The predicted molar refractivity (Wildman–Crippen MR) is 276 cm³/mol. The van der Waals surface area contributed by atoms with Gasteiger partial charge < -0.3 is 138 Å². The molecule has 0 amide bonds. The van der Waals surface area contributed by atoms with Gasteiger partial charge >= 0.3 is 0 Å². The molecule has 77 heavy (non-hydrogen) atoms. The summed E-state index contributed by atoms with van der Waals surface area (Å²) in [4.78, 5) is 0. The highest BCUT2D eigenvalue weighted by Crippen LogP contribution is 2.39. The Bertz CT molecular complexity index is 1490. The molecule has 0 aromatic rings. The van der Waals surface area contributed by atoms with Gasteiger partial charge in [0.15, 0.2) is 44.0 Å². The molecule has 0 aromatic carbocycles. The van der Waals surface area contributed by atoms with Gasteiger partial charge in [-0.1, -0.05) is 0 Å². The number of hydrogen-bond acceptors (Lipinski definition) is 35. The zero-order valence-corrected chi connectivity index (χ0v) is 46.5. The molecule has 35 heteroatoms. The van der Waals surface area contributed by atoms with Crippen LogP contribution in [0.1, 0.15) is 0 Å². The third-order valence-corrected chi connectivity index (χ3v) is 17.3. The molecule has 21 heterocycles. The maximum absolute atomic E-state index is 11.5. The number of hydrogen-bond donors (Lipinski definition) is 21. The second-order valence-electron chi connectivity index (χ2n) is 19.7. The molecule has 35 unspecified atom stereocenters. The Hall–Kier alpha value is 1.33. The Labute approximate surface area is 478 Å². The van der Waals surface area contributed by atoms with Gasteiger partial charge in [-0.2, -0.15) is 88.4 Å². The molecule has 28 nitrogen and oxygen atoms in total. The first-order valence-corrected chi connectivity index (χ1v) is 29.0. The zero-order chi connectivity index (χ0) is 56.1. The predicted octanol–water partition coefficient (Wildman–Crippen LogP) is -8.67. The highest BCUT2D eigenvalue weighted by Gasteiger charge is 2.59. The quantitative estimate of drug-likeness (QED) is 0.105. The molecule has 448 valence electrons. The van der Waals surface area contributed by atoms with E-state index in [2.05, 4.69) is 88.4 Å². The lowest BCUT2D eigenvalue weighted by Gasteiger charge is -2.50. The van der Waals surface area contributed by atoms with Crippen molar-refractivity contribution in [3.05, 3.63) is 0 Å². The minimum atomic E-state index is -1.99. The first-order chi connectivity index (χ1) is 36.7. The molecule has 0 aliphatic carbocycles. The van der Waals surface area contributed by atoms with E-state index >= 15 is 0 Å². The Kier molecular flexibility index (Phi) is 23.2. The van der Waals surface area contributed by atoms with E-state index in [0.717, 1.165) is 0 Å².